The van der Waals surface area contributed by atoms with Crippen LogP contribution in [0.2, 0.25) is 0 Å². The zero-order valence-electron chi connectivity index (χ0n) is 17.1. The monoisotopic (exact) mass is 420 g/mol. The van der Waals surface area contributed by atoms with E-state index in [0.29, 0.717) is 12.8 Å². The average Bonchev–Trinajstić information content (AvgIpc) is 2.68. The molecule has 166 valence electrons. The Labute approximate surface area is 170 Å². The third kappa shape index (κ3) is 10.1. The highest BCUT2D eigenvalue weighted by atomic mass is 19.2. The number of hydrogen-bond acceptors (Lipinski definition) is 3. The summed E-state index contributed by atoms with van der Waals surface area (Å²) in [5.74, 6) is -9.45. The Bertz CT molecular complexity index is 596. The van der Waals surface area contributed by atoms with E-state index in [-0.39, 0.29) is 6.07 Å². The minimum absolute atomic E-state index is 0.0311. The Morgan fingerprint density at radius 3 is 1.79 bits per heavy atom. The lowest BCUT2D eigenvalue weighted by atomic mass is 10.0. The Hall–Kier alpha value is -1.63. The quantitative estimate of drug-likeness (QED) is 0.114. The van der Waals surface area contributed by atoms with Gasteiger partial charge in [-0.2, -0.15) is 8.78 Å². The van der Waals surface area contributed by atoms with Crippen LogP contribution in [0.1, 0.15) is 90.4 Å². The van der Waals surface area contributed by atoms with E-state index in [4.69, 9.17) is 0 Å². The van der Waals surface area contributed by atoms with Crippen molar-refractivity contribution in [3.63, 3.8) is 0 Å². The van der Waals surface area contributed by atoms with Crippen LogP contribution >= 0.6 is 0 Å². The number of aliphatic hydroxyl groups excluding tert-OH is 1. The van der Waals surface area contributed by atoms with Crippen LogP contribution in [-0.4, -0.2) is 17.2 Å². The van der Waals surface area contributed by atoms with Gasteiger partial charge in [-0.15, -0.1) is 0 Å². The number of carbonyl (C=O) groups excluding carboxylic acids is 1. The van der Waals surface area contributed by atoms with Crippen molar-refractivity contribution in [2.75, 3.05) is 0 Å². The molecule has 29 heavy (non-hydrogen) atoms. The number of rotatable bonds is 15. The summed E-state index contributed by atoms with van der Waals surface area (Å²) in [6.45, 7) is 2.20. The Kier molecular flexibility index (Phi) is 12.6. The molecule has 0 saturated carbocycles. The van der Waals surface area contributed by atoms with E-state index in [1.165, 1.54) is 44.9 Å². The third-order valence-electron chi connectivity index (χ3n) is 4.83. The van der Waals surface area contributed by atoms with E-state index in [1.54, 1.807) is 0 Å². The summed E-state index contributed by atoms with van der Waals surface area (Å²) in [6, 6.07) is 0.0311. The molecular weight excluding hydrogens is 388 g/mol. The maximum Gasteiger partial charge on any atom is 0.314 e. The molecule has 0 aromatic heterocycles. The number of unbranched alkanes of at least 4 members (excludes halogenated alkanes) is 10. The molecule has 1 atom stereocenters. The first kappa shape index (κ1) is 25.4. The number of halogens is 4. The van der Waals surface area contributed by atoms with Crippen LogP contribution in [0.25, 0.3) is 0 Å². The smallest absolute Gasteiger partial charge is 0.314 e. The summed E-state index contributed by atoms with van der Waals surface area (Å²) in [5, 5.41) is 9.85. The molecule has 1 aromatic rings. The van der Waals surface area contributed by atoms with Crippen LogP contribution in [0, 0.1) is 23.3 Å². The number of hydrogen-bond donors (Lipinski definition) is 1. The van der Waals surface area contributed by atoms with E-state index in [2.05, 4.69) is 11.7 Å². The van der Waals surface area contributed by atoms with Crippen molar-refractivity contribution in [1.82, 2.24) is 0 Å². The van der Waals surface area contributed by atoms with Gasteiger partial charge >= 0.3 is 5.97 Å². The predicted molar refractivity (Wildman–Crippen MR) is 104 cm³/mol. The largest absolute Gasteiger partial charge is 0.420 e. The summed E-state index contributed by atoms with van der Waals surface area (Å²) in [6.07, 6.45) is 11.5. The predicted octanol–water partition coefficient (Wildman–Crippen LogP) is 6.60. The summed E-state index contributed by atoms with van der Waals surface area (Å²) in [5.41, 5.74) is 0. The van der Waals surface area contributed by atoms with E-state index >= 15 is 0 Å². The summed E-state index contributed by atoms with van der Waals surface area (Å²) in [4.78, 5) is 11.7. The molecule has 0 radical (unpaired) electrons. The molecule has 0 spiro atoms. The molecular formula is C22H32F4O3. The van der Waals surface area contributed by atoms with Gasteiger partial charge in [0.2, 0.25) is 17.4 Å². The first-order valence-electron chi connectivity index (χ1n) is 10.6. The lowest BCUT2D eigenvalue weighted by Gasteiger charge is -2.11. The standard InChI is InChI=1S/C22H32F4O3/c1-2-3-4-5-6-7-8-9-10-11-12-13-16(27)14-19(28)29-22-20(25)17(23)15-18(24)21(22)26/h15-16,27H,2-14H2,1H3. The molecule has 7 heteroatoms. The van der Waals surface area contributed by atoms with E-state index < -0.39 is 47.5 Å². The van der Waals surface area contributed by atoms with Gasteiger partial charge in [-0.1, -0.05) is 77.6 Å². The van der Waals surface area contributed by atoms with Gasteiger partial charge in [0.15, 0.2) is 11.6 Å². The van der Waals surface area contributed by atoms with Crippen molar-refractivity contribution in [2.24, 2.45) is 0 Å². The first-order chi connectivity index (χ1) is 13.9. The lowest BCUT2D eigenvalue weighted by molar-refractivity contribution is -0.137. The van der Waals surface area contributed by atoms with Gasteiger partial charge in [0.05, 0.1) is 12.5 Å². The molecule has 1 aromatic carbocycles. The Morgan fingerprint density at radius 1 is 0.862 bits per heavy atom. The molecule has 3 nitrogen and oxygen atoms in total. The minimum Gasteiger partial charge on any atom is -0.420 e. The second kappa shape index (κ2) is 14.4. The van der Waals surface area contributed by atoms with Gasteiger partial charge in [-0.3, -0.25) is 4.79 Å². The maximum atomic E-state index is 13.5. The molecule has 0 aliphatic carbocycles. The first-order valence-corrected chi connectivity index (χ1v) is 10.6. The SMILES string of the molecule is CCCCCCCCCCCCCC(O)CC(=O)Oc1c(F)c(F)cc(F)c1F. The zero-order valence-corrected chi connectivity index (χ0v) is 17.1. The fourth-order valence-corrected chi connectivity index (χ4v) is 3.13. The van der Waals surface area contributed by atoms with Crippen LogP contribution < -0.4 is 4.74 Å². The van der Waals surface area contributed by atoms with E-state index in [1.807, 2.05) is 0 Å². The summed E-state index contributed by atoms with van der Waals surface area (Å²) >= 11 is 0. The van der Waals surface area contributed by atoms with Gasteiger partial charge in [0, 0.05) is 6.07 Å². The molecule has 0 saturated heterocycles. The number of carbonyl (C=O) groups is 1. The molecule has 0 bridgehead atoms. The van der Waals surface area contributed by atoms with Crippen molar-refractivity contribution in [1.29, 1.82) is 0 Å². The maximum absolute atomic E-state index is 13.5. The van der Waals surface area contributed by atoms with Gasteiger partial charge in [0.1, 0.15) is 0 Å². The summed E-state index contributed by atoms with van der Waals surface area (Å²) in [7, 11) is 0. The van der Waals surface area contributed by atoms with Crippen LogP contribution in [-0.2, 0) is 4.79 Å². The third-order valence-corrected chi connectivity index (χ3v) is 4.83. The highest BCUT2D eigenvalue weighted by molar-refractivity contribution is 5.73. The van der Waals surface area contributed by atoms with Gasteiger partial charge in [-0.25, -0.2) is 8.78 Å². The van der Waals surface area contributed by atoms with Crippen molar-refractivity contribution in [2.45, 2.75) is 96.5 Å². The number of esters is 1. The lowest BCUT2D eigenvalue weighted by Crippen LogP contribution is -2.19. The molecule has 0 amide bonds. The highest BCUT2D eigenvalue weighted by Crippen LogP contribution is 2.27. The zero-order chi connectivity index (χ0) is 21.6. The van der Waals surface area contributed by atoms with Gasteiger partial charge in [0.25, 0.3) is 0 Å². The Balaban J connectivity index is 2.16. The molecule has 1 N–H and O–H groups in total. The molecule has 0 aliphatic heterocycles. The normalized spacial score (nSPS) is 12.2. The number of aliphatic hydroxyl groups is 1. The fourth-order valence-electron chi connectivity index (χ4n) is 3.13. The number of benzene rings is 1. The van der Waals surface area contributed by atoms with Crippen molar-refractivity contribution in [3.05, 3.63) is 29.3 Å². The topological polar surface area (TPSA) is 46.5 Å². The molecule has 0 fully saturated rings. The summed E-state index contributed by atoms with van der Waals surface area (Å²) < 4.78 is 57.5. The molecule has 1 unspecified atom stereocenters. The molecule has 1 rings (SSSR count). The van der Waals surface area contributed by atoms with Crippen LogP contribution in [0.4, 0.5) is 17.6 Å². The minimum atomic E-state index is -1.78. The Morgan fingerprint density at radius 2 is 1.31 bits per heavy atom. The van der Waals surface area contributed by atoms with Crippen molar-refractivity contribution in [3.8, 4) is 5.75 Å². The molecule has 0 heterocycles. The van der Waals surface area contributed by atoms with Crippen molar-refractivity contribution >= 4 is 5.97 Å². The highest BCUT2D eigenvalue weighted by Gasteiger charge is 2.24. The second-order valence-corrected chi connectivity index (χ2v) is 7.45. The van der Waals surface area contributed by atoms with Crippen LogP contribution in [0.15, 0.2) is 6.07 Å². The second-order valence-electron chi connectivity index (χ2n) is 7.45. The van der Waals surface area contributed by atoms with E-state index in [9.17, 15) is 27.5 Å². The fraction of sp³-hybridized carbons (Fsp3) is 0.682. The number of ether oxygens (including phenoxy) is 1. The van der Waals surface area contributed by atoms with Gasteiger partial charge < -0.3 is 9.84 Å². The van der Waals surface area contributed by atoms with Crippen LogP contribution in [0.3, 0.4) is 0 Å². The van der Waals surface area contributed by atoms with Crippen LogP contribution in [0.5, 0.6) is 5.75 Å². The van der Waals surface area contributed by atoms with Gasteiger partial charge in [-0.05, 0) is 6.42 Å². The van der Waals surface area contributed by atoms with Crippen molar-refractivity contribution < 1.29 is 32.2 Å². The van der Waals surface area contributed by atoms with E-state index in [0.717, 1.165) is 19.3 Å². The molecule has 0 aliphatic rings. The average molecular weight is 420 g/mol.